The normalized spacial score (nSPS) is 17.6. The van der Waals surface area contributed by atoms with Crippen LogP contribution in [0.15, 0.2) is 102 Å². The molecule has 2 aromatic carbocycles. The van der Waals surface area contributed by atoms with Crippen LogP contribution in [-0.4, -0.2) is 32.7 Å². The van der Waals surface area contributed by atoms with Gasteiger partial charge in [-0.25, -0.2) is 0 Å². The van der Waals surface area contributed by atoms with Crippen molar-refractivity contribution in [2.45, 2.75) is 18.5 Å². The Morgan fingerprint density at radius 2 is 1.82 bits per heavy atom. The van der Waals surface area contributed by atoms with Gasteiger partial charge in [-0.1, -0.05) is 46.3 Å². The number of anilines is 1. The van der Waals surface area contributed by atoms with Crippen molar-refractivity contribution in [1.82, 2.24) is 19.8 Å². The highest BCUT2D eigenvalue weighted by atomic mass is 79.9. The summed E-state index contributed by atoms with van der Waals surface area (Å²) >= 11 is 9.46. The number of pyridine rings is 1. The maximum atomic E-state index is 5.84. The van der Waals surface area contributed by atoms with E-state index in [-0.39, 0.29) is 12.1 Å². The van der Waals surface area contributed by atoms with E-state index in [9.17, 15) is 0 Å². The van der Waals surface area contributed by atoms with Gasteiger partial charge in [0.25, 0.3) is 0 Å². The smallest absolute Gasteiger partial charge is 0.170 e. The van der Waals surface area contributed by atoms with Crippen LogP contribution in [-0.2, 0) is 0 Å². The lowest BCUT2D eigenvalue weighted by Crippen LogP contribution is -2.32. The summed E-state index contributed by atoms with van der Waals surface area (Å²) in [5.41, 5.74) is 4.41. The maximum absolute atomic E-state index is 5.84. The molecule has 1 fully saturated rings. The fourth-order valence-corrected chi connectivity index (χ4v) is 5.22. The highest BCUT2D eigenvalue weighted by molar-refractivity contribution is 9.10. The monoisotopic (exact) mass is 531 g/mol. The van der Waals surface area contributed by atoms with Crippen molar-refractivity contribution in [3.05, 3.63) is 113 Å². The number of hydrogen-bond acceptors (Lipinski definition) is 3. The van der Waals surface area contributed by atoms with Gasteiger partial charge in [0.15, 0.2) is 5.11 Å². The molecule has 3 heterocycles. The van der Waals surface area contributed by atoms with Crippen LogP contribution in [0.4, 0.5) is 5.69 Å². The molecule has 0 aliphatic carbocycles. The highest BCUT2D eigenvalue weighted by Gasteiger charge is 2.40. The molecule has 0 unspecified atom stereocenters. The number of nitrogens with zero attached hydrogens (tertiary/aromatic N) is 3. The lowest BCUT2D eigenvalue weighted by Gasteiger charge is -2.29. The average molecular weight is 533 g/mol. The lowest BCUT2D eigenvalue weighted by molar-refractivity contribution is 0.307. The van der Waals surface area contributed by atoms with E-state index in [4.69, 9.17) is 12.2 Å². The third kappa shape index (κ3) is 4.86. The van der Waals surface area contributed by atoms with Crippen LogP contribution in [0.2, 0.25) is 0 Å². The zero-order valence-corrected chi connectivity index (χ0v) is 21.0. The molecular weight excluding hydrogens is 506 g/mol. The van der Waals surface area contributed by atoms with Crippen LogP contribution in [0.1, 0.15) is 29.9 Å². The summed E-state index contributed by atoms with van der Waals surface area (Å²) in [4.78, 5) is 6.98. The summed E-state index contributed by atoms with van der Waals surface area (Å²) in [6, 6.07) is 29.0. The molecule has 7 heteroatoms. The average Bonchev–Trinajstić information content (AvgIpc) is 3.47. The van der Waals surface area contributed by atoms with Gasteiger partial charge in [-0.05, 0) is 73.2 Å². The van der Waals surface area contributed by atoms with Gasteiger partial charge in [-0.3, -0.25) is 4.98 Å². The van der Waals surface area contributed by atoms with Crippen LogP contribution in [0.25, 0.3) is 5.69 Å². The molecule has 5 nitrogen and oxygen atoms in total. The van der Waals surface area contributed by atoms with Gasteiger partial charge >= 0.3 is 0 Å². The zero-order valence-electron chi connectivity index (χ0n) is 18.6. The van der Waals surface area contributed by atoms with Crippen molar-refractivity contribution in [2.75, 3.05) is 18.4 Å². The summed E-state index contributed by atoms with van der Waals surface area (Å²) in [7, 11) is 0. The van der Waals surface area contributed by atoms with Crippen molar-refractivity contribution >= 4 is 38.9 Å². The zero-order chi connectivity index (χ0) is 23.3. The first-order chi connectivity index (χ1) is 16.7. The van der Waals surface area contributed by atoms with Crippen molar-refractivity contribution in [3.63, 3.8) is 0 Å². The quantitative estimate of drug-likeness (QED) is 0.212. The lowest BCUT2D eigenvalue weighted by atomic mass is 10.0. The molecule has 0 saturated carbocycles. The molecule has 34 heavy (non-hydrogen) atoms. The summed E-state index contributed by atoms with van der Waals surface area (Å²) in [6.45, 7) is 1.71. The molecule has 2 N–H and O–H groups in total. The number of rotatable bonds is 8. The number of hydrogen-bond donors (Lipinski definition) is 2. The standard InChI is InChI=1S/C27H26BrN5S/c28-20-9-6-12-22(19-20)32-17-7-14-24(32)26-25(23-13-4-5-15-30-23)31-27(34)33(26)18-8-16-29-21-10-2-1-3-11-21/h1-7,9-15,17,19,25-26,29H,8,16,18H2,(H,31,34)/t25-,26+/m1/s1. The van der Waals surface area contributed by atoms with E-state index >= 15 is 0 Å². The molecule has 4 aromatic rings. The fraction of sp³-hybridized carbons (Fsp3) is 0.185. The van der Waals surface area contributed by atoms with E-state index in [1.54, 1.807) is 0 Å². The Labute approximate surface area is 214 Å². The van der Waals surface area contributed by atoms with Crippen molar-refractivity contribution in [1.29, 1.82) is 0 Å². The first-order valence-electron chi connectivity index (χ1n) is 11.4. The van der Waals surface area contributed by atoms with Crippen LogP contribution in [0.5, 0.6) is 0 Å². The Morgan fingerprint density at radius 3 is 2.62 bits per heavy atom. The second kappa shape index (κ2) is 10.4. The predicted molar refractivity (Wildman–Crippen MR) is 145 cm³/mol. The van der Waals surface area contributed by atoms with Gasteiger partial charge in [0.1, 0.15) is 0 Å². The van der Waals surface area contributed by atoms with E-state index < -0.39 is 0 Å². The Kier molecular flexibility index (Phi) is 6.92. The number of halogens is 1. The van der Waals surface area contributed by atoms with Gasteiger partial charge in [0.2, 0.25) is 0 Å². The Morgan fingerprint density at radius 1 is 0.971 bits per heavy atom. The fourth-order valence-electron chi connectivity index (χ4n) is 4.50. The number of thiocarbonyl (C=S) groups is 1. The summed E-state index contributed by atoms with van der Waals surface area (Å²) in [5, 5.41) is 7.83. The van der Waals surface area contributed by atoms with Crippen molar-refractivity contribution in [3.8, 4) is 5.69 Å². The number of aromatic nitrogens is 2. The third-order valence-electron chi connectivity index (χ3n) is 6.05. The first-order valence-corrected chi connectivity index (χ1v) is 12.6. The predicted octanol–water partition coefficient (Wildman–Crippen LogP) is 6.11. The third-order valence-corrected chi connectivity index (χ3v) is 6.89. The van der Waals surface area contributed by atoms with Crippen LogP contribution < -0.4 is 10.6 Å². The molecule has 172 valence electrons. The molecule has 1 aliphatic heterocycles. The van der Waals surface area contributed by atoms with Gasteiger partial charge in [0, 0.05) is 47.0 Å². The van der Waals surface area contributed by atoms with E-state index in [0.29, 0.717) is 0 Å². The Balaban J connectivity index is 1.43. The van der Waals surface area contributed by atoms with Crippen molar-refractivity contribution < 1.29 is 0 Å². The first kappa shape index (κ1) is 22.6. The second-order valence-electron chi connectivity index (χ2n) is 8.25. The minimum Gasteiger partial charge on any atom is -0.385 e. The summed E-state index contributed by atoms with van der Waals surface area (Å²) < 4.78 is 3.30. The molecule has 0 amide bonds. The molecule has 1 saturated heterocycles. The van der Waals surface area contributed by atoms with Gasteiger partial charge in [-0.15, -0.1) is 0 Å². The number of benzene rings is 2. The summed E-state index contributed by atoms with van der Waals surface area (Å²) in [6.07, 6.45) is 4.92. The van der Waals surface area contributed by atoms with Crippen molar-refractivity contribution in [2.24, 2.45) is 0 Å². The molecular formula is C27H26BrN5S. The van der Waals surface area contributed by atoms with Crippen LogP contribution >= 0.6 is 28.1 Å². The molecule has 2 atom stereocenters. The second-order valence-corrected chi connectivity index (χ2v) is 9.55. The molecule has 1 aliphatic rings. The SMILES string of the molecule is S=C1N[C@H](c2ccccn2)[C@H](c2cccn2-c2cccc(Br)c2)N1CCCNc1ccccc1. The van der Waals surface area contributed by atoms with Gasteiger partial charge < -0.3 is 20.1 Å². The largest absolute Gasteiger partial charge is 0.385 e. The molecule has 0 bridgehead atoms. The topological polar surface area (TPSA) is 45.1 Å². The highest BCUT2D eigenvalue weighted by Crippen LogP contribution is 2.39. The van der Waals surface area contributed by atoms with Crippen LogP contribution in [0.3, 0.4) is 0 Å². The van der Waals surface area contributed by atoms with E-state index in [2.05, 4.69) is 95.7 Å². The molecule has 0 spiro atoms. The Hall–Kier alpha value is -3.16. The van der Waals surface area contributed by atoms with Gasteiger partial charge in [0.05, 0.1) is 17.8 Å². The number of nitrogens with one attached hydrogen (secondary N) is 2. The number of para-hydroxylation sites is 1. The van der Waals surface area contributed by atoms with E-state index in [1.165, 1.54) is 5.69 Å². The maximum Gasteiger partial charge on any atom is 0.170 e. The van der Waals surface area contributed by atoms with E-state index in [1.807, 2.05) is 42.6 Å². The van der Waals surface area contributed by atoms with Crippen LogP contribution in [0, 0.1) is 0 Å². The summed E-state index contributed by atoms with van der Waals surface area (Å²) in [5.74, 6) is 0. The molecule has 5 rings (SSSR count). The minimum absolute atomic E-state index is 0.0214. The molecule has 0 radical (unpaired) electrons. The van der Waals surface area contributed by atoms with Gasteiger partial charge in [-0.2, -0.15) is 0 Å². The minimum atomic E-state index is -0.0309. The Bertz CT molecular complexity index is 1240. The molecule has 2 aromatic heterocycles. The van der Waals surface area contributed by atoms with E-state index in [0.717, 1.165) is 46.2 Å².